The summed E-state index contributed by atoms with van der Waals surface area (Å²) in [6, 6.07) is 6.14. The lowest BCUT2D eigenvalue weighted by atomic mass is 9.94. The van der Waals surface area contributed by atoms with Gasteiger partial charge in [-0.2, -0.15) is 0 Å². The minimum Gasteiger partial charge on any atom is -0.368 e. The molecule has 0 saturated carbocycles. The molecule has 0 radical (unpaired) electrons. The van der Waals surface area contributed by atoms with E-state index in [0.717, 1.165) is 12.1 Å². The summed E-state index contributed by atoms with van der Waals surface area (Å²) >= 11 is 0. The number of aromatic nitrogens is 1. The Morgan fingerprint density at radius 3 is 2.21 bits per heavy atom. The van der Waals surface area contributed by atoms with Crippen LogP contribution in [0.2, 0.25) is 0 Å². The number of piperazine rings is 1. The van der Waals surface area contributed by atoms with E-state index in [0.29, 0.717) is 56.6 Å². The number of hydrogen-bond donors (Lipinski definition) is 0. The number of nitrogens with zero attached hydrogens (tertiary/aromatic N) is 3. The average molecular weight is 387 g/mol. The van der Waals surface area contributed by atoms with Gasteiger partial charge in [-0.3, -0.25) is 4.79 Å². The van der Waals surface area contributed by atoms with E-state index >= 15 is 0 Å². The molecule has 1 fully saturated rings. The summed E-state index contributed by atoms with van der Waals surface area (Å²) in [5, 5.41) is 0. The van der Waals surface area contributed by atoms with Crippen LogP contribution in [0.1, 0.15) is 41.6 Å². The van der Waals surface area contributed by atoms with Gasteiger partial charge in [-0.25, -0.2) is 13.8 Å². The largest absolute Gasteiger partial charge is 0.368 e. The Balaban J connectivity index is 1.71. The average Bonchev–Trinajstić information content (AvgIpc) is 2.72. The monoisotopic (exact) mass is 387 g/mol. The van der Waals surface area contributed by atoms with Gasteiger partial charge in [0.05, 0.1) is 0 Å². The summed E-state index contributed by atoms with van der Waals surface area (Å²) in [7, 11) is 0. The van der Waals surface area contributed by atoms with Crippen LogP contribution in [0.4, 0.5) is 20.3 Å². The summed E-state index contributed by atoms with van der Waals surface area (Å²) in [5.74, 6) is -1.33. The highest BCUT2D eigenvalue weighted by atomic mass is 19.1. The molecule has 1 atom stereocenters. The third-order valence-electron chi connectivity index (χ3n) is 5.07. The van der Waals surface area contributed by atoms with Crippen LogP contribution in [0.15, 0.2) is 30.5 Å². The summed E-state index contributed by atoms with van der Waals surface area (Å²) in [6.07, 6.45) is 3.99. The van der Waals surface area contributed by atoms with Crippen LogP contribution in [0.5, 0.6) is 0 Å². The molecule has 3 rings (SSSR count). The van der Waals surface area contributed by atoms with Crippen LogP contribution in [0.25, 0.3) is 0 Å². The Morgan fingerprint density at radius 1 is 1.07 bits per heavy atom. The summed E-state index contributed by atoms with van der Waals surface area (Å²) in [4.78, 5) is 30.2. The molecule has 0 spiro atoms. The van der Waals surface area contributed by atoms with Crippen LogP contribution in [-0.4, -0.2) is 43.7 Å². The molecule has 1 aliphatic heterocycles. The molecule has 0 N–H and O–H groups in total. The van der Waals surface area contributed by atoms with Crippen LogP contribution < -0.4 is 9.80 Å². The maximum absolute atomic E-state index is 14.6. The highest BCUT2D eigenvalue weighted by Gasteiger charge is 2.24. The van der Waals surface area contributed by atoms with Crippen molar-refractivity contribution in [3.63, 3.8) is 0 Å². The van der Waals surface area contributed by atoms with Crippen LogP contribution in [-0.2, 0) is 4.79 Å². The fourth-order valence-electron chi connectivity index (χ4n) is 3.55. The van der Waals surface area contributed by atoms with Gasteiger partial charge in [0.2, 0.25) is 0 Å². The third-order valence-corrected chi connectivity index (χ3v) is 5.07. The van der Waals surface area contributed by atoms with Crippen LogP contribution >= 0.6 is 0 Å². The molecule has 1 unspecified atom stereocenters. The number of hydrogen-bond acceptors (Lipinski definition) is 5. The number of rotatable bonds is 7. The number of benzene rings is 1. The second-order valence-electron chi connectivity index (χ2n) is 6.90. The molecular formula is C21H23F2N3O2. The fourth-order valence-corrected chi connectivity index (χ4v) is 3.55. The Kier molecular flexibility index (Phi) is 6.34. The molecule has 1 aromatic heterocycles. The second-order valence-corrected chi connectivity index (χ2v) is 6.90. The first-order valence-corrected chi connectivity index (χ1v) is 9.42. The lowest BCUT2D eigenvalue weighted by molar-refractivity contribution is -0.109. The van der Waals surface area contributed by atoms with Gasteiger partial charge >= 0.3 is 0 Å². The molecule has 0 bridgehead atoms. The van der Waals surface area contributed by atoms with E-state index in [1.807, 2.05) is 11.8 Å². The first-order chi connectivity index (χ1) is 13.6. The van der Waals surface area contributed by atoms with Crippen molar-refractivity contribution in [1.82, 2.24) is 4.98 Å². The molecule has 1 aliphatic rings. The van der Waals surface area contributed by atoms with Crippen molar-refractivity contribution in [2.75, 3.05) is 36.0 Å². The highest BCUT2D eigenvalue weighted by Crippen LogP contribution is 2.30. The number of carbonyl (C=O) groups excluding carboxylic acids is 2. The second kappa shape index (κ2) is 8.91. The molecule has 28 heavy (non-hydrogen) atoms. The normalized spacial score (nSPS) is 15.4. The maximum Gasteiger partial charge on any atom is 0.151 e. The van der Waals surface area contributed by atoms with Crippen molar-refractivity contribution in [3.05, 3.63) is 53.2 Å². The van der Waals surface area contributed by atoms with Gasteiger partial charge in [-0.1, -0.05) is 13.3 Å². The number of carbonyl (C=O) groups is 2. The van der Waals surface area contributed by atoms with Crippen molar-refractivity contribution >= 4 is 24.1 Å². The molecule has 0 amide bonds. The quantitative estimate of drug-likeness (QED) is 0.680. The Labute approximate surface area is 163 Å². The molecule has 2 aromatic rings. The smallest absolute Gasteiger partial charge is 0.151 e. The molecule has 1 aromatic carbocycles. The SMILES string of the molecule is CCCC(C=O)c1c(F)cc(N2CCN(c3ccc(C=O)cn3)CC2)cc1F. The minimum absolute atomic E-state index is 0.140. The van der Waals surface area contributed by atoms with Crippen molar-refractivity contribution in [2.24, 2.45) is 0 Å². The molecule has 5 nitrogen and oxygen atoms in total. The van der Waals surface area contributed by atoms with Gasteiger partial charge in [-0.05, 0) is 30.7 Å². The predicted molar refractivity (Wildman–Crippen MR) is 104 cm³/mol. The first-order valence-electron chi connectivity index (χ1n) is 9.42. The van der Waals surface area contributed by atoms with Crippen molar-refractivity contribution < 1.29 is 18.4 Å². The number of halogens is 2. The summed E-state index contributed by atoms with van der Waals surface area (Å²) in [5.41, 5.74) is 0.854. The van der Waals surface area contributed by atoms with Gasteiger partial charge in [-0.15, -0.1) is 0 Å². The first kappa shape index (κ1) is 19.9. The van der Waals surface area contributed by atoms with Crippen molar-refractivity contribution in [1.29, 1.82) is 0 Å². The highest BCUT2D eigenvalue weighted by molar-refractivity contribution is 5.74. The van der Waals surface area contributed by atoms with E-state index in [2.05, 4.69) is 9.88 Å². The zero-order valence-electron chi connectivity index (χ0n) is 15.8. The topological polar surface area (TPSA) is 53.5 Å². The summed E-state index contributed by atoms with van der Waals surface area (Å²) < 4.78 is 29.1. The number of anilines is 2. The van der Waals surface area contributed by atoms with E-state index in [4.69, 9.17) is 0 Å². The zero-order valence-corrected chi connectivity index (χ0v) is 15.8. The van der Waals surface area contributed by atoms with Gasteiger partial charge < -0.3 is 14.6 Å². The molecular weight excluding hydrogens is 364 g/mol. The minimum atomic E-state index is -0.753. The molecule has 2 heterocycles. The number of aldehydes is 2. The molecule has 148 valence electrons. The molecule has 7 heteroatoms. The van der Waals surface area contributed by atoms with Gasteiger partial charge in [0.15, 0.2) is 6.29 Å². The van der Waals surface area contributed by atoms with Gasteiger partial charge in [0.1, 0.15) is 23.7 Å². The predicted octanol–water partition coefficient (Wildman–Crippen LogP) is 3.58. The van der Waals surface area contributed by atoms with E-state index in [9.17, 15) is 18.4 Å². The summed E-state index contributed by atoms with van der Waals surface area (Å²) in [6.45, 7) is 4.33. The van der Waals surface area contributed by atoms with Crippen LogP contribution in [0.3, 0.4) is 0 Å². The molecule has 1 saturated heterocycles. The van der Waals surface area contributed by atoms with E-state index in [1.165, 1.54) is 18.3 Å². The molecule has 0 aliphatic carbocycles. The maximum atomic E-state index is 14.6. The zero-order chi connectivity index (χ0) is 20.1. The van der Waals surface area contributed by atoms with E-state index < -0.39 is 17.6 Å². The van der Waals surface area contributed by atoms with E-state index in [-0.39, 0.29) is 5.56 Å². The fraction of sp³-hybridized carbons (Fsp3) is 0.381. The van der Waals surface area contributed by atoms with Gasteiger partial charge in [0, 0.05) is 55.1 Å². The lowest BCUT2D eigenvalue weighted by Gasteiger charge is -2.37. The Bertz CT molecular complexity index is 811. The Morgan fingerprint density at radius 2 is 1.71 bits per heavy atom. The lowest BCUT2D eigenvalue weighted by Crippen LogP contribution is -2.47. The third kappa shape index (κ3) is 4.18. The van der Waals surface area contributed by atoms with E-state index in [1.54, 1.807) is 12.1 Å². The van der Waals surface area contributed by atoms with Crippen molar-refractivity contribution in [2.45, 2.75) is 25.7 Å². The van der Waals surface area contributed by atoms with Crippen LogP contribution in [0, 0.1) is 11.6 Å². The van der Waals surface area contributed by atoms with Crippen molar-refractivity contribution in [3.8, 4) is 0 Å². The number of pyridine rings is 1. The standard InChI is InChI=1S/C21H23F2N3O2/c1-2-3-16(14-28)21-18(22)10-17(11-19(21)23)25-6-8-26(9-7-25)20-5-4-15(13-27)12-24-20/h4-5,10-14,16H,2-3,6-9H2,1H3. The Hall–Kier alpha value is -2.83. The van der Waals surface area contributed by atoms with Gasteiger partial charge in [0.25, 0.3) is 0 Å².